The summed E-state index contributed by atoms with van der Waals surface area (Å²) in [7, 11) is 0. The normalized spacial score (nSPS) is 11.8. The third-order valence-electron chi connectivity index (χ3n) is 10.4. The zero-order valence-electron chi connectivity index (χ0n) is 35.1. The van der Waals surface area contributed by atoms with E-state index in [9.17, 15) is 14.4 Å². The molecule has 0 aromatic rings. The highest BCUT2D eigenvalue weighted by Crippen LogP contribution is 2.16. The van der Waals surface area contributed by atoms with Crippen molar-refractivity contribution in [3.8, 4) is 0 Å². The SMILES string of the molecule is CCCCCCCCCCCCCCC(=O)OC[C@H](COC(=O)CCCCCCCCCCCC)OC(=O)CCCCCCCCCCCCCC. The Morgan fingerprint density at radius 1 is 0.308 bits per heavy atom. The smallest absolute Gasteiger partial charge is 0.306 e. The van der Waals surface area contributed by atoms with Crippen LogP contribution in [-0.2, 0) is 28.6 Å². The van der Waals surface area contributed by atoms with E-state index in [-0.39, 0.29) is 31.1 Å². The van der Waals surface area contributed by atoms with E-state index in [4.69, 9.17) is 14.2 Å². The molecule has 308 valence electrons. The Morgan fingerprint density at radius 3 is 0.769 bits per heavy atom. The molecular weight excluding hydrogens is 648 g/mol. The summed E-state index contributed by atoms with van der Waals surface area (Å²) in [6.45, 7) is 6.64. The molecule has 0 aliphatic heterocycles. The molecule has 52 heavy (non-hydrogen) atoms. The van der Waals surface area contributed by atoms with Crippen molar-refractivity contribution < 1.29 is 28.6 Å². The number of hydrogen-bond acceptors (Lipinski definition) is 6. The fraction of sp³-hybridized carbons (Fsp3) is 0.935. The van der Waals surface area contributed by atoms with Gasteiger partial charge in [-0.25, -0.2) is 0 Å². The maximum Gasteiger partial charge on any atom is 0.306 e. The van der Waals surface area contributed by atoms with E-state index in [2.05, 4.69) is 20.8 Å². The number of hydrogen-bond donors (Lipinski definition) is 0. The minimum atomic E-state index is -0.757. The van der Waals surface area contributed by atoms with Gasteiger partial charge in [-0.2, -0.15) is 0 Å². The standard InChI is InChI=1S/C46H88O6/c1-4-7-10-13-16-19-22-24-27-30-33-36-39-45(48)51-42-43(41-50-44(47)38-35-32-29-26-21-18-15-12-9-6-3)52-46(49)40-37-34-31-28-25-23-20-17-14-11-8-5-2/h43H,4-42H2,1-3H3/t43-/m0/s1. The molecule has 0 aliphatic carbocycles. The van der Waals surface area contributed by atoms with Gasteiger partial charge in [-0.1, -0.05) is 220 Å². The van der Waals surface area contributed by atoms with E-state index < -0.39 is 6.10 Å². The Hall–Kier alpha value is -1.59. The molecule has 0 heterocycles. The number of esters is 3. The first kappa shape index (κ1) is 50.4. The van der Waals surface area contributed by atoms with Gasteiger partial charge in [0, 0.05) is 19.3 Å². The molecular formula is C46H88O6. The van der Waals surface area contributed by atoms with E-state index in [0.717, 1.165) is 57.8 Å². The highest BCUT2D eigenvalue weighted by molar-refractivity contribution is 5.71. The molecule has 0 unspecified atom stereocenters. The van der Waals surface area contributed by atoms with E-state index >= 15 is 0 Å². The van der Waals surface area contributed by atoms with Crippen LogP contribution in [0, 0.1) is 0 Å². The van der Waals surface area contributed by atoms with E-state index in [1.54, 1.807) is 0 Å². The molecule has 0 rings (SSSR count). The molecule has 0 fully saturated rings. The van der Waals surface area contributed by atoms with Crippen LogP contribution >= 0.6 is 0 Å². The molecule has 0 saturated heterocycles. The fourth-order valence-electron chi connectivity index (χ4n) is 6.85. The zero-order chi connectivity index (χ0) is 38.0. The Balaban J connectivity index is 4.32. The Bertz CT molecular complexity index is 768. The van der Waals surface area contributed by atoms with E-state index in [0.29, 0.717) is 19.3 Å². The second-order valence-electron chi connectivity index (χ2n) is 15.7. The first-order valence-corrected chi connectivity index (χ1v) is 23.0. The van der Waals surface area contributed by atoms with Crippen molar-refractivity contribution in [2.24, 2.45) is 0 Å². The maximum absolute atomic E-state index is 12.7. The lowest BCUT2D eigenvalue weighted by Gasteiger charge is -2.18. The molecule has 0 amide bonds. The van der Waals surface area contributed by atoms with Crippen LogP contribution in [-0.4, -0.2) is 37.2 Å². The van der Waals surface area contributed by atoms with Gasteiger partial charge in [-0.15, -0.1) is 0 Å². The predicted octanol–water partition coefficient (Wildman–Crippen LogP) is 14.5. The largest absolute Gasteiger partial charge is 0.462 e. The molecule has 6 heteroatoms. The van der Waals surface area contributed by atoms with E-state index in [1.807, 2.05) is 0 Å². The molecule has 0 spiro atoms. The molecule has 1 atom stereocenters. The number of carbonyl (C=O) groups is 3. The van der Waals surface area contributed by atoms with Gasteiger partial charge in [-0.3, -0.25) is 14.4 Å². The molecule has 0 radical (unpaired) electrons. The second kappa shape index (κ2) is 42.2. The number of carbonyl (C=O) groups excluding carboxylic acids is 3. The summed E-state index contributed by atoms with van der Waals surface area (Å²) < 4.78 is 16.7. The topological polar surface area (TPSA) is 78.9 Å². The quantitative estimate of drug-likeness (QED) is 0.0353. The van der Waals surface area contributed by atoms with Crippen LogP contribution in [0.2, 0.25) is 0 Å². The Labute approximate surface area is 323 Å². The first-order chi connectivity index (χ1) is 25.5. The fourth-order valence-corrected chi connectivity index (χ4v) is 6.85. The zero-order valence-corrected chi connectivity index (χ0v) is 35.1. The van der Waals surface area contributed by atoms with Crippen LogP contribution in [0.5, 0.6) is 0 Å². The average Bonchev–Trinajstić information content (AvgIpc) is 3.14. The van der Waals surface area contributed by atoms with Crippen LogP contribution in [0.15, 0.2) is 0 Å². The van der Waals surface area contributed by atoms with Crippen LogP contribution in [0.3, 0.4) is 0 Å². The Morgan fingerprint density at radius 2 is 0.519 bits per heavy atom. The summed E-state index contributed by atoms with van der Waals surface area (Å²) in [6.07, 6.45) is 42.2. The summed E-state index contributed by atoms with van der Waals surface area (Å²) in [5, 5.41) is 0. The number of rotatable bonds is 42. The van der Waals surface area contributed by atoms with Crippen molar-refractivity contribution in [3.05, 3.63) is 0 Å². The van der Waals surface area contributed by atoms with Crippen LogP contribution in [0.4, 0.5) is 0 Å². The Kier molecular flexibility index (Phi) is 40.9. The first-order valence-electron chi connectivity index (χ1n) is 23.0. The third-order valence-corrected chi connectivity index (χ3v) is 10.4. The molecule has 0 aromatic carbocycles. The molecule has 0 aromatic heterocycles. The minimum absolute atomic E-state index is 0.0627. The number of ether oxygens (including phenoxy) is 3. The summed E-state index contributed by atoms with van der Waals surface area (Å²) in [5.41, 5.74) is 0. The lowest BCUT2D eigenvalue weighted by atomic mass is 10.0. The van der Waals surface area contributed by atoms with Crippen molar-refractivity contribution in [2.45, 2.75) is 264 Å². The summed E-state index contributed by atoms with van der Waals surface area (Å²) in [4.78, 5) is 37.7. The highest BCUT2D eigenvalue weighted by atomic mass is 16.6. The van der Waals surface area contributed by atoms with Gasteiger partial charge in [0.15, 0.2) is 6.10 Å². The molecule has 6 nitrogen and oxygen atoms in total. The van der Waals surface area contributed by atoms with Crippen molar-refractivity contribution in [3.63, 3.8) is 0 Å². The van der Waals surface area contributed by atoms with Gasteiger partial charge in [0.25, 0.3) is 0 Å². The van der Waals surface area contributed by atoms with Gasteiger partial charge in [0.2, 0.25) is 0 Å². The van der Waals surface area contributed by atoms with Gasteiger partial charge < -0.3 is 14.2 Å². The maximum atomic E-state index is 12.7. The lowest BCUT2D eigenvalue weighted by molar-refractivity contribution is -0.167. The van der Waals surface area contributed by atoms with Crippen LogP contribution in [0.1, 0.15) is 258 Å². The summed E-state index contributed by atoms with van der Waals surface area (Å²) >= 11 is 0. The second-order valence-corrected chi connectivity index (χ2v) is 15.7. The molecule has 0 N–H and O–H groups in total. The van der Waals surface area contributed by atoms with Gasteiger partial charge in [0.05, 0.1) is 0 Å². The van der Waals surface area contributed by atoms with Crippen molar-refractivity contribution in [1.82, 2.24) is 0 Å². The van der Waals surface area contributed by atoms with Crippen molar-refractivity contribution in [1.29, 1.82) is 0 Å². The van der Waals surface area contributed by atoms with Gasteiger partial charge >= 0.3 is 17.9 Å². The van der Waals surface area contributed by atoms with Gasteiger partial charge in [0.1, 0.15) is 13.2 Å². The van der Waals surface area contributed by atoms with E-state index in [1.165, 1.54) is 161 Å². The molecule has 0 bridgehead atoms. The monoisotopic (exact) mass is 737 g/mol. The van der Waals surface area contributed by atoms with Crippen LogP contribution < -0.4 is 0 Å². The highest BCUT2D eigenvalue weighted by Gasteiger charge is 2.19. The van der Waals surface area contributed by atoms with Crippen molar-refractivity contribution >= 4 is 17.9 Å². The summed E-state index contributed by atoms with van der Waals surface area (Å²) in [6, 6.07) is 0. The van der Waals surface area contributed by atoms with Crippen LogP contribution in [0.25, 0.3) is 0 Å². The molecule has 0 aliphatic rings. The van der Waals surface area contributed by atoms with Crippen molar-refractivity contribution in [2.75, 3.05) is 13.2 Å². The average molecular weight is 737 g/mol. The predicted molar refractivity (Wildman–Crippen MR) is 220 cm³/mol. The van der Waals surface area contributed by atoms with Gasteiger partial charge in [-0.05, 0) is 19.3 Å². The number of unbranched alkanes of at least 4 members (excludes halogenated alkanes) is 31. The minimum Gasteiger partial charge on any atom is -0.462 e. The summed E-state index contributed by atoms with van der Waals surface area (Å²) in [5.74, 6) is -0.852. The lowest BCUT2D eigenvalue weighted by Crippen LogP contribution is -2.30. The third kappa shape index (κ3) is 39.6. The molecule has 0 saturated carbocycles.